The van der Waals surface area contributed by atoms with E-state index in [0.29, 0.717) is 18.8 Å². The van der Waals surface area contributed by atoms with Crippen molar-refractivity contribution in [3.05, 3.63) is 59.4 Å². The number of hydrogen-bond donors (Lipinski definition) is 2. The number of carbonyl (C=O) groups excluding carboxylic acids is 1. The van der Waals surface area contributed by atoms with Crippen molar-refractivity contribution in [2.45, 2.75) is 20.0 Å². The van der Waals surface area contributed by atoms with E-state index < -0.39 is 0 Å². The zero-order chi connectivity index (χ0) is 14.4. The highest BCUT2D eigenvalue weighted by molar-refractivity contribution is 5.73. The van der Waals surface area contributed by atoms with E-state index in [1.54, 1.807) is 24.5 Å². The van der Waals surface area contributed by atoms with Crippen molar-refractivity contribution in [2.75, 3.05) is 0 Å². The van der Waals surface area contributed by atoms with E-state index in [1.807, 2.05) is 6.92 Å². The molecule has 0 saturated carbocycles. The highest BCUT2D eigenvalue weighted by Crippen LogP contribution is 2.01. The normalized spacial score (nSPS) is 10.1. The van der Waals surface area contributed by atoms with Crippen molar-refractivity contribution in [3.8, 4) is 0 Å². The Hall–Kier alpha value is -2.50. The van der Waals surface area contributed by atoms with Crippen LogP contribution in [-0.4, -0.2) is 16.0 Å². The Morgan fingerprint density at radius 3 is 2.45 bits per heavy atom. The predicted molar refractivity (Wildman–Crippen MR) is 72.2 cm³/mol. The maximum absolute atomic E-state index is 12.7. The number of rotatable bonds is 4. The number of aryl methyl sites for hydroxylation is 1. The molecular formula is C14H15FN4O. The van der Waals surface area contributed by atoms with Gasteiger partial charge in [0.25, 0.3) is 0 Å². The van der Waals surface area contributed by atoms with E-state index in [0.717, 1.165) is 11.3 Å². The van der Waals surface area contributed by atoms with Gasteiger partial charge in [0, 0.05) is 12.7 Å². The van der Waals surface area contributed by atoms with E-state index in [-0.39, 0.29) is 11.8 Å². The van der Waals surface area contributed by atoms with E-state index in [4.69, 9.17) is 0 Å². The monoisotopic (exact) mass is 274 g/mol. The third-order valence-electron chi connectivity index (χ3n) is 2.63. The lowest BCUT2D eigenvalue weighted by Gasteiger charge is -2.07. The van der Waals surface area contributed by atoms with Crippen LogP contribution in [0.2, 0.25) is 0 Å². The Bertz CT molecular complexity index is 517. The fourth-order valence-electron chi connectivity index (χ4n) is 1.53. The second-order valence-electron chi connectivity index (χ2n) is 4.31. The van der Waals surface area contributed by atoms with E-state index in [2.05, 4.69) is 20.6 Å². The van der Waals surface area contributed by atoms with Crippen LogP contribution in [0.25, 0.3) is 0 Å². The minimum atomic E-state index is -0.309. The molecule has 1 aromatic heterocycles. The summed E-state index contributed by atoms with van der Waals surface area (Å²) in [5.41, 5.74) is 2.35. The summed E-state index contributed by atoms with van der Waals surface area (Å²) in [6, 6.07) is 5.66. The van der Waals surface area contributed by atoms with Crippen molar-refractivity contribution in [1.29, 1.82) is 0 Å². The molecule has 1 heterocycles. The number of urea groups is 1. The summed E-state index contributed by atoms with van der Waals surface area (Å²) in [5, 5.41) is 5.35. The van der Waals surface area contributed by atoms with Gasteiger partial charge in [0.1, 0.15) is 5.82 Å². The molecule has 0 aliphatic heterocycles. The van der Waals surface area contributed by atoms with Crippen molar-refractivity contribution >= 4 is 6.03 Å². The molecule has 0 unspecified atom stereocenters. The maximum atomic E-state index is 12.7. The van der Waals surface area contributed by atoms with Crippen molar-refractivity contribution in [1.82, 2.24) is 20.6 Å². The van der Waals surface area contributed by atoms with Crippen molar-refractivity contribution < 1.29 is 9.18 Å². The quantitative estimate of drug-likeness (QED) is 0.895. The standard InChI is InChI=1S/C14H15FN4O/c1-10-6-17-13(8-16-10)9-19-14(20)18-7-11-2-4-12(15)5-3-11/h2-6,8H,7,9H2,1H3,(H2,18,19,20). The molecule has 5 nitrogen and oxygen atoms in total. The zero-order valence-electron chi connectivity index (χ0n) is 11.1. The van der Waals surface area contributed by atoms with Crippen LogP contribution in [0.4, 0.5) is 9.18 Å². The summed E-state index contributed by atoms with van der Waals surface area (Å²) < 4.78 is 12.7. The molecule has 0 aliphatic rings. The van der Waals surface area contributed by atoms with E-state index in [1.165, 1.54) is 12.1 Å². The van der Waals surface area contributed by atoms with Crippen LogP contribution in [0.5, 0.6) is 0 Å². The molecular weight excluding hydrogens is 259 g/mol. The van der Waals surface area contributed by atoms with E-state index >= 15 is 0 Å². The largest absolute Gasteiger partial charge is 0.334 e. The highest BCUT2D eigenvalue weighted by atomic mass is 19.1. The number of nitrogens with zero attached hydrogens (tertiary/aromatic N) is 2. The van der Waals surface area contributed by atoms with Crippen molar-refractivity contribution in [2.24, 2.45) is 0 Å². The highest BCUT2D eigenvalue weighted by Gasteiger charge is 2.02. The Morgan fingerprint density at radius 1 is 1.10 bits per heavy atom. The minimum absolute atomic E-state index is 0.295. The molecule has 20 heavy (non-hydrogen) atoms. The van der Waals surface area contributed by atoms with Crippen LogP contribution in [0.15, 0.2) is 36.7 Å². The first-order valence-electron chi connectivity index (χ1n) is 6.17. The summed E-state index contributed by atoms with van der Waals surface area (Å²) in [5.74, 6) is -0.295. The van der Waals surface area contributed by atoms with E-state index in [9.17, 15) is 9.18 Å². The summed E-state index contributed by atoms with van der Waals surface area (Å²) in [6.45, 7) is 2.49. The van der Waals surface area contributed by atoms with Gasteiger partial charge in [-0.25, -0.2) is 9.18 Å². The van der Waals surface area contributed by atoms with Gasteiger partial charge < -0.3 is 10.6 Å². The van der Waals surface area contributed by atoms with Crippen LogP contribution in [0, 0.1) is 12.7 Å². The molecule has 0 atom stereocenters. The molecule has 0 fully saturated rings. The number of benzene rings is 1. The number of halogens is 1. The molecule has 0 saturated heterocycles. The molecule has 6 heteroatoms. The lowest BCUT2D eigenvalue weighted by atomic mass is 10.2. The Morgan fingerprint density at radius 2 is 1.80 bits per heavy atom. The van der Waals surface area contributed by atoms with Gasteiger partial charge in [0.05, 0.1) is 24.1 Å². The summed E-state index contributed by atoms with van der Waals surface area (Å²) in [4.78, 5) is 19.8. The molecule has 1 aromatic carbocycles. The first-order chi connectivity index (χ1) is 9.63. The van der Waals surface area contributed by atoms with Crippen LogP contribution in [0.1, 0.15) is 17.0 Å². The molecule has 0 spiro atoms. The molecule has 0 radical (unpaired) electrons. The molecule has 0 aliphatic carbocycles. The topological polar surface area (TPSA) is 66.9 Å². The summed E-state index contributed by atoms with van der Waals surface area (Å²) >= 11 is 0. The Labute approximate surface area is 116 Å². The van der Waals surface area contributed by atoms with Gasteiger partial charge in [-0.05, 0) is 24.6 Å². The summed E-state index contributed by atoms with van der Waals surface area (Å²) in [6.07, 6.45) is 3.27. The number of amides is 2. The lowest BCUT2D eigenvalue weighted by molar-refractivity contribution is 0.240. The van der Waals surface area contributed by atoms with Crippen LogP contribution < -0.4 is 10.6 Å². The molecule has 2 rings (SSSR count). The van der Waals surface area contributed by atoms with Gasteiger partial charge in [-0.2, -0.15) is 0 Å². The number of hydrogen-bond acceptors (Lipinski definition) is 3. The molecule has 2 N–H and O–H groups in total. The average Bonchev–Trinajstić information content (AvgIpc) is 2.46. The van der Waals surface area contributed by atoms with Crippen molar-refractivity contribution in [3.63, 3.8) is 0 Å². The first-order valence-corrected chi connectivity index (χ1v) is 6.17. The summed E-state index contributed by atoms with van der Waals surface area (Å²) in [7, 11) is 0. The van der Waals surface area contributed by atoms with Crippen LogP contribution in [-0.2, 0) is 13.1 Å². The minimum Gasteiger partial charge on any atom is -0.334 e. The van der Waals surface area contributed by atoms with Gasteiger partial charge in [0.2, 0.25) is 0 Å². The average molecular weight is 274 g/mol. The molecule has 2 amide bonds. The molecule has 0 bridgehead atoms. The SMILES string of the molecule is Cc1cnc(CNC(=O)NCc2ccc(F)cc2)cn1. The Kier molecular flexibility index (Phi) is 4.60. The number of carbonyl (C=O) groups is 1. The second kappa shape index (κ2) is 6.60. The van der Waals surface area contributed by atoms with Crippen LogP contribution >= 0.6 is 0 Å². The van der Waals surface area contributed by atoms with Gasteiger partial charge in [0.15, 0.2) is 0 Å². The smallest absolute Gasteiger partial charge is 0.315 e. The first kappa shape index (κ1) is 13.9. The van der Waals surface area contributed by atoms with Gasteiger partial charge in [-0.1, -0.05) is 12.1 Å². The fourth-order valence-corrected chi connectivity index (χ4v) is 1.53. The number of nitrogens with one attached hydrogen (secondary N) is 2. The Balaban J connectivity index is 1.75. The maximum Gasteiger partial charge on any atom is 0.315 e. The fraction of sp³-hybridized carbons (Fsp3) is 0.214. The molecule has 104 valence electrons. The zero-order valence-corrected chi connectivity index (χ0v) is 11.1. The third kappa shape index (κ3) is 4.31. The second-order valence-corrected chi connectivity index (χ2v) is 4.31. The molecule has 2 aromatic rings. The third-order valence-corrected chi connectivity index (χ3v) is 2.63. The van der Waals surface area contributed by atoms with Crippen LogP contribution in [0.3, 0.4) is 0 Å². The van der Waals surface area contributed by atoms with Gasteiger partial charge in [-0.3, -0.25) is 9.97 Å². The predicted octanol–water partition coefficient (Wildman–Crippen LogP) is 1.92. The van der Waals surface area contributed by atoms with Gasteiger partial charge in [-0.15, -0.1) is 0 Å². The number of aromatic nitrogens is 2. The van der Waals surface area contributed by atoms with Gasteiger partial charge >= 0.3 is 6.03 Å². The lowest BCUT2D eigenvalue weighted by Crippen LogP contribution is -2.34.